The molecule has 4 atom stereocenters. The number of fused-ring (bicyclic) bond motifs is 3. The quantitative estimate of drug-likeness (QED) is 0.421. The molecule has 0 amide bonds. The number of allylic oxidation sites excluding steroid dienone is 4. The van der Waals surface area contributed by atoms with Gasteiger partial charge < -0.3 is 4.74 Å². The van der Waals surface area contributed by atoms with Crippen molar-refractivity contribution in [2.45, 2.75) is 45.4 Å². The number of carbonyl (C=O) groups is 2. The molecule has 0 heterocycles. The first-order valence-electron chi connectivity index (χ1n) is 8.64. The third-order valence-corrected chi connectivity index (χ3v) is 7.03. The molecule has 0 N–H and O–H groups in total. The summed E-state index contributed by atoms with van der Waals surface area (Å²) in [5, 5.41) is 0. The van der Waals surface area contributed by atoms with Crippen LogP contribution in [0.3, 0.4) is 0 Å². The van der Waals surface area contributed by atoms with Gasteiger partial charge in [0, 0.05) is 6.42 Å². The van der Waals surface area contributed by atoms with E-state index < -0.39 is 5.97 Å². The lowest BCUT2D eigenvalue weighted by Gasteiger charge is -2.54. The molecule has 2 bridgehead atoms. The lowest BCUT2D eigenvalue weighted by atomic mass is 9.49. The van der Waals surface area contributed by atoms with E-state index in [1.165, 1.54) is 25.5 Å². The zero-order valence-corrected chi connectivity index (χ0v) is 14.0. The Labute approximate surface area is 137 Å². The van der Waals surface area contributed by atoms with Gasteiger partial charge in [0.25, 0.3) is 0 Å². The Balaban J connectivity index is 1.89. The van der Waals surface area contributed by atoms with Crippen molar-refractivity contribution in [2.24, 2.45) is 22.7 Å². The van der Waals surface area contributed by atoms with Gasteiger partial charge in [-0.05, 0) is 60.3 Å². The Bertz CT molecular complexity index is 683. The highest BCUT2D eigenvalue weighted by Crippen LogP contribution is 2.67. The third-order valence-electron chi connectivity index (χ3n) is 7.03. The Kier molecular flexibility index (Phi) is 3.04. The van der Waals surface area contributed by atoms with Crippen molar-refractivity contribution in [1.29, 1.82) is 0 Å². The minimum atomic E-state index is -0.471. The number of ether oxygens (including phenoxy) is 1. The molecule has 4 aliphatic carbocycles. The SMILES string of the molecule is C=C1C[C@@]23C=CC4=C(C(=O)OC)C(=O)CC[C@@]4(C)[C@@H]2CC[C@@H]1C3. The predicted molar refractivity (Wildman–Crippen MR) is 87.6 cm³/mol. The van der Waals surface area contributed by atoms with Crippen molar-refractivity contribution in [1.82, 2.24) is 0 Å². The van der Waals surface area contributed by atoms with E-state index in [0.717, 1.165) is 24.8 Å². The molecule has 2 saturated carbocycles. The highest BCUT2D eigenvalue weighted by molar-refractivity contribution is 6.19. The number of carbonyl (C=O) groups excluding carboxylic acids is 2. The van der Waals surface area contributed by atoms with Gasteiger partial charge in [-0.1, -0.05) is 31.2 Å². The Morgan fingerprint density at radius 3 is 2.91 bits per heavy atom. The van der Waals surface area contributed by atoms with Crippen LogP contribution in [0.25, 0.3) is 0 Å². The number of Topliss-reactive ketones (excluding diaryl/α,β-unsaturated/α-hetero) is 1. The normalized spacial score (nSPS) is 41.7. The molecule has 0 unspecified atom stereocenters. The van der Waals surface area contributed by atoms with Crippen LogP contribution in [0, 0.1) is 22.7 Å². The molecule has 0 saturated heterocycles. The summed E-state index contributed by atoms with van der Waals surface area (Å²) in [6.07, 6.45) is 10.3. The molecule has 0 aliphatic heterocycles. The average Bonchev–Trinajstić information content (AvgIpc) is 2.77. The van der Waals surface area contributed by atoms with E-state index in [4.69, 9.17) is 4.74 Å². The number of esters is 1. The van der Waals surface area contributed by atoms with E-state index in [1.807, 2.05) is 0 Å². The Hall–Kier alpha value is -1.64. The molecule has 0 aromatic rings. The fourth-order valence-corrected chi connectivity index (χ4v) is 5.94. The summed E-state index contributed by atoms with van der Waals surface area (Å²) >= 11 is 0. The van der Waals surface area contributed by atoms with Crippen molar-refractivity contribution in [3.8, 4) is 0 Å². The molecule has 0 radical (unpaired) electrons. The Morgan fingerprint density at radius 1 is 1.39 bits per heavy atom. The summed E-state index contributed by atoms with van der Waals surface area (Å²) in [7, 11) is 1.36. The highest BCUT2D eigenvalue weighted by atomic mass is 16.5. The van der Waals surface area contributed by atoms with Crippen LogP contribution in [0.4, 0.5) is 0 Å². The lowest BCUT2D eigenvalue weighted by Crippen LogP contribution is -2.47. The van der Waals surface area contributed by atoms with Crippen molar-refractivity contribution >= 4 is 11.8 Å². The first-order chi connectivity index (χ1) is 10.9. The van der Waals surface area contributed by atoms with Crippen LogP contribution in [0.1, 0.15) is 45.4 Å². The summed E-state index contributed by atoms with van der Waals surface area (Å²) < 4.78 is 4.90. The molecule has 1 spiro atoms. The van der Waals surface area contributed by atoms with E-state index in [-0.39, 0.29) is 16.6 Å². The number of hydrogen-bond donors (Lipinski definition) is 0. The molecular weight excluding hydrogens is 288 g/mol. The summed E-state index contributed by atoms with van der Waals surface area (Å²) in [6.45, 7) is 6.56. The molecule has 23 heavy (non-hydrogen) atoms. The summed E-state index contributed by atoms with van der Waals surface area (Å²) in [5.74, 6) is 0.629. The van der Waals surface area contributed by atoms with Crippen LogP contribution in [0.15, 0.2) is 35.5 Å². The molecule has 3 nitrogen and oxygen atoms in total. The van der Waals surface area contributed by atoms with Crippen molar-refractivity contribution < 1.29 is 14.3 Å². The van der Waals surface area contributed by atoms with Crippen molar-refractivity contribution in [2.75, 3.05) is 7.11 Å². The summed E-state index contributed by atoms with van der Waals surface area (Å²) in [5.41, 5.74) is 2.72. The van der Waals surface area contributed by atoms with E-state index >= 15 is 0 Å². The molecule has 4 rings (SSSR count). The van der Waals surface area contributed by atoms with Gasteiger partial charge in [-0.25, -0.2) is 4.79 Å². The second kappa shape index (κ2) is 4.68. The second-order valence-electron chi connectivity index (χ2n) is 8.05. The average molecular weight is 312 g/mol. The van der Waals surface area contributed by atoms with Gasteiger partial charge >= 0.3 is 5.97 Å². The third kappa shape index (κ3) is 1.82. The van der Waals surface area contributed by atoms with Crippen LogP contribution < -0.4 is 0 Å². The number of rotatable bonds is 1. The van der Waals surface area contributed by atoms with Gasteiger partial charge in [0.05, 0.1) is 7.11 Å². The zero-order valence-electron chi connectivity index (χ0n) is 14.0. The maximum absolute atomic E-state index is 12.4. The smallest absolute Gasteiger partial charge is 0.341 e. The molecule has 0 aromatic heterocycles. The largest absolute Gasteiger partial charge is 0.465 e. The highest BCUT2D eigenvalue weighted by Gasteiger charge is 2.58. The fourth-order valence-electron chi connectivity index (χ4n) is 5.94. The first-order valence-corrected chi connectivity index (χ1v) is 8.64. The maximum Gasteiger partial charge on any atom is 0.341 e. The van der Waals surface area contributed by atoms with Crippen LogP contribution >= 0.6 is 0 Å². The molecule has 3 heteroatoms. The first kappa shape index (κ1) is 14.9. The molecular formula is C20H24O3. The minimum absolute atomic E-state index is 0.0607. The fraction of sp³-hybridized carbons (Fsp3) is 0.600. The minimum Gasteiger partial charge on any atom is -0.465 e. The van der Waals surface area contributed by atoms with Crippen LogP contribution in [-0.4, -0.2) is 18.9 Å². The summed E-state index contributed by atoms with van der Waals surface area (Å²) in [4.78, 5) is 24.5. The maximum atomic E-state index is 12.4. The van der Waals surface area contributed by atoms with Gasteiger partial charge in [0.15, 0.2) is 5.78 Å². The van der Waals surface area contributed by atoms with Crippen LogP contribution in [0.5, 0.6) is 0 Å². The van der Waals surface area contributed by atoms with E-state index in [9.17, 15) is 9.59 Å². The monoisotopic (exact) mass is 312 g/mol. The van der Waals surface area contributed by atoms with Gasteiger partial charge in [-0.3, -0.25) is 4.79 Å². The second-order valence-corrected chi connectivity index (χ2v) is 8.05. The van der Waals surface area contributed by atoms with Crippen molar-refractivity contribution in [3.63, 3.8) is 0 Å². The number of ketones is 1. The van der Waals surface area contributed by atoms with Gasteiger partial charge in [-0.2, -0.15) is 0 Å². The van der Waals surface area contributed by atoms with Crippen LogP contribution in [-0.2, 0) is 14.3 Å². The molecule has 2 fully saturated rings. The van der Waals surface area contributed by atoms with E-state index in [1.54, 1.807) is 0 Å². The molecule has 4 aliphatic rings. The topological polar surface area (TPSA) is 43.4 Å². The lowest BCUT2D eigenvalue weighted by molar-refractivity contribution is -0.138. The summed E-state index contributed by atoms with van der Waals surface area (Å²) in [6, 6.07) is 0. The van der Waals surface area contributed by atoms with Crippen molar-refractivity contribution in [3.05, 3.63) is 35.5 Å². The van der Waals surface area contributed by atoms with Crippen LogP contribution in [0.2, 0.25) is 0 Å². The van der Waals surface area contributed by atoms with E-state index in [0.29, 0.717) is 23.8 Å². The molecule has 0 aromatic carbocycles. The standard InChI is InChI=1S/C20H24O3/c1-12-10-20-9-6-14-17(18(22)23-3)15(21)7-8-19(14,2)16(20)5-4-13(12)11-20/h6,9,13,16H,1,4-5,7-8,10-11H2,2-3H3/t13-,16+,19-,20-/m1/s1. The zero-order chi connectivity index (χ0) is 16.4. The van der Waals surface area contributed by atoms with E-state index in [2.05, 4.69) is 25.7 Å². The number of methoxy groups -OCH3 is 1. The van der Waals surface area contributed by atoms with Gasteiger partial charge in [0.2, 0.25) is 0 Å². The predicted octanol–water partition coefficient (Wildman–Crippen LogP) is 3.76. The number of hydrogen-bond acceptors (Lipinski definition) is 3. The molecule has 122 valence electrons. The Morgan fingerprint density at radius 2 is 2.17 bits per heavy atom. The van der Waals surface area contributed by atoms with Gasteiger partial charge in [0.1, 0.15) is 5.57 Å². The van der Waals surface area contributed by atoms with Gasteiger partial charge in [-0.15, -0.1) is 0 Å².